The zero-order valence-electron chi connectivity index (χ0n) is 13.9. The molecule has 128 valence electrons. The Morgan fingerprint density at radius 1 is 1.50 bits per heavy atom. The van der Waals surface area contributed by atoms with E-state index < -0.39 is 12.1 Å². The van der Waals surface area contributed by atoms with Crippen molar-refractivity contribution in [1.82, 2.24) is 20.2 Å². The van der Waals surface area contributed by atoms with E-state index in [0.717, 1.165) is 17.9 Å². The maximum atomic E-state index is 12.6. The van der Waals surface area contributed by atoms with Crippen molar-refractivity contribution in [2.45, 2.75) is 12.1 Å². The lowest BCUT2D eigenvalue weighted by atomic mass is 10.0. The molecule has 0 radical (unpaired) electrons. The van der Waals surface area contributed by atoms with E-state index in [-0.39, 0.29) is 5.91 Å². The molecule has 0 unspecified atom stereocenters. The van der Waals surface area contributed by atoms with Crippen LogP contribution in [0.25, 0.3) is 0 Å². The maximum Gasteiger partial charge on any atom is 0.251 e. The molecule has 24 heavy (non-hydrogen) atoms. The van der Waals surface area contributed by atoms with Gasteiger partial charge in [-0.25, -0.2) is 4.98 Å². The van der Waals surface area contributed by atoms with Gasteiger partial charge in [-0.05, 0) is 6.07 Å². The third-order valence-corrected chi connectivity index (χ3v) is 4.07. The second-order valence-corrected chi connectivity index (χ2v) is 5.64. The second kappa shape index (κ2) is 7.46. The van der Waals surface area contributed by atoms with E-state index in [0.29, 0.717) is 18.9 Å². The lowest BCUT2D eigenvalue weighted by Gasteiger charge is -2.26. The molecule has 0 spiro atoms. The summed E-state index contributed by atoms with van der Waals surface area (Å²) >= 11 is 0. The average Bonchev–Trinajstić information content (AvgIpc) is 3.06. The topological polar surface area (TPSA) is 77.4 Å². The quantitative estimate of drug-likeness (QED) is 0.840. The molecule has 1 aromatic carbocycles. The highest BCUT2D eigenvalue weighted by Gasteiger charge is 2.28. The Bertz CT molecular complexity index is 695. The number of para-hydroxylation sites is 1. The van der Waals surface area contributed by atoms with Gasteiger partial charge in [0.15, 0.2) is 0 Å². The molecular formula is C17H22N4O3. The predicted molar refractivity (Wildman–Crippen MR) is 88.8 cm³/mol. The van der Waals surface area contributed by atoms with Gasteiger partial charge in [0.1, 0.15) is 23.7 Å². The summed E-state index contributed by atoms with van der Waals surface area (Å²) < 4.78 is 12.9. The number of amides is 1. The Hall–Kier alpha value is -2.38. The van der Waals surface area contributed by atoms with Crippen LogP contribution in [0.1, 0.15) is 17.4 Å². The summed E-state index contributed by atoms with van der Waals surface area (Å²) in [5.41, 5.74) is 0.853. The molecule has 1 fully saturated rings. The first kappa shape index (κ1) is 16.5. The van der Waals surface area contributed by atoms with Gasteiger partial charge in [0.25, 0.3) is 5.91 Å². The number of methoxy groups -OCH3 is 1. The van der Waals surface area contributed by atoms with E-state index in [1.165, 1.54) is 0 Å². The summed E-state index contributed by atoms with van der Waals surface area (Å²) in [6.07, 6.45) is 3.06. The summed E-state index contributed by atoms with van der Waals surface area (Å²) in [7, 11) is 3.51. The van der Waals surface area contributed by atoms with Crippen molar-refractivity contribution in [2.24, 2.45) is 7.05 Å². The first-order valence-corrected chi connectivity index (χ1v) is 7.93. The van der Waals surface area contributed by atoms with Crippen LogP contribution in [-0.2, 0) is 16.6 Å². The molecule has 1 aromatic heterocycles. The minimum atomic E-state index is -0.503. The standard InChI is InChI=1S/C17H22N4O3/c1-21-9-7-19-16(21)15(12-5-3-4-6-13(12)23-2)20-17(22)14-11-18-8-10-24-14/h3-7,9,14-15,18H,8,10-11H2,1-2H3,(H,20,22)/t14-,15+/m1/s1. The highest BCUT2D eigenvalue weighted by Crippen LogP contribution is 2.29. The number of aromatic nitrogens is 2. The number of rotatable bonds is 5. The van der Waals surface area contributed by atoms with Gasteiger partial charge < -0.3 is 24.7 Å². The lowest BCUT2D eigenvalue weighted by Crippen LogP contribution is -2.49. The van der Waals surface area contributed by atoms with Crippen molar-refractivity contribution < 1.29 is 14.3 Å². The van der Waals surface area contributed by atoms with Crippen LogP contribution >= 0.6 is 0 Å². The highest BCUT2D eigenvalue weighted by molar-refractivity contribution is 5.82. The van der Waals surface area contributed by atoms with Crippen LogP contribution in [0.3, 0.4) is 0 Å². The van der Waals surface area contributed by atoms with E-state index in [1.54, 1.807) is 13.3 Å². The van der Waals surface area contributed by atoms with E-state index in [2.05, 4.69) is 15.6 Å². The predicted octanol–water partition coefficient (Wildman–Crippen LogP) is 0.623. The number of hydrogen-bond acceptors (Lipinski definition) is 5. The minimum absolute atomic E-state index is 0.166. The molecule has 1 saturated heterocycles. The Morgan fingerprint density at radius 2 is 2.33 bits per heavy atom. The number of carbonyl (C=O) groups excluding carboxylic acids is 1. The number of nitrogens with zero attached hydrogens (tertiary/aromatic N) is 2. The lowest BCUT2D eigenvalue weighted by molar-refractivity contribution is -0.134. The Labute approximate surface area is 141 Å². The zero-order valence-corrected chi connectivity index (χ0v) is 13.9. The summed E-state index contributed by atoms with van der Waals surface area (Å²) in [6, 6.07) is 7.19. The fourth-order valence-corrected chi connectivity index (χ4v) is 2.81. The summed E-state index contributed by atoms with van der Waals surface area (Å²) in [6.45, 7) is 1.80. The van der Waals surface area contributed by atoms with Crippen LogP contribution < -0.4 is 15.4 Å². The molecule has 1 amide bonds. The van der Waals surface area contributed by atoms with Gasteiger partial charge in [-0.15, -0.1) is 0 Å². The smallest absolute Gasteiger partial charge is 0.251 e. The van der Waals surface area contributed by atoms with Crippen LogP contribution in [0.15, 0.2) is 36.7 Å². The first-order chi connectivity index (χ1) is 11.7. The summed E-state index contributed by atoms with van der Waals surface area (Å²) in [5, 5.41) is 6.22. The van der Waals surface area contributed by atoms with Crippen LogP contribution in [0.2, 0.25) is 0 Å². The molecule has 7 nitrogen and oxygen atoms in total. The number of nitrogens with one attached hydrogen (secondary N) is 2. The second-order valence-electron chi connectivity index (χ2n) is 5.64. The molecule has 0 bridgehead atoms. The average molecular weight is 330 g/mol. The fourth-order valence-electron chi connectivity index (χ4n) is 2.81. The SMILES string of the molecule is COc1ccccc1[C@H](NC(=O)[C@H]1CNCCO1)c1nccn1C. The minimum Gasteiger partial charge on any atom is -0.496 e. The summed E-state index contributed by atoms with van der Waals surface area (Å²) in [5.74, 6) is 1.27. The Morgan fingerprint density at radius 3 is 3.00 bits per heavy atom. The number of imidazole rings is 1. The van der Waals surface area contributed by atoms with Gasteiger partial charge in [0.05, 0.1) is 13.7 Å². The van der Waals surface area contributed by atoms with Crippen molar-refractivity contribution >= 4 is 5.91 Å². The third kappa shape index (κ3) is 3.42. The number of ether oxygens (including phenoxy) is 2. The number of aryl methyl sites for hydroxylation is 1. The van der Waals surface area contributed by atoms with Crippen molar-refractivity contribution in [3.05, 3.63) is 48.0 Å². The molecule has 7 heteroatoms. The Balaban J connectivity index is 1.91. The molecule has 2 atom stereocenters. The van der Waals surface area contributed by atoms with E-state index in [9.17, 15) is 4.79 Å². The molecule has 0 aliphatic carbocycles. The first-order valence-electron chi connectivity index (χ1n) is 7.93. The van der Waals surface area contributed by atoms with E-state index in [1.807, 2.05) is 42.1 Å². The number of morpholine rings is 1. The molecule has 2 aromatic rings. The fraction of sp³-hybridized carbons (Fsp3) is 0.412. The van der Waals surface area contributed by atoms with Gasteiger partial charge in [0, 0.05) is 38.1 Å². The van der Waals surface area contributed by atoms with Crippen LogP contribution in [0.4, 0.5) is 0 Å². The van der Waals surface area contributed by atoms with Crippen molar-refractivity contribution in [1.29, 1.82) is 0 Å². The molecule has 1 aliphatic rings. The van der Waals surface area contributed by atoms with Gasteiger partial charge in [-0.2, -0.15) is 0 Å². The molecule has 2 N–H and O–H groups in total. The van der Waals surface area contributed by atoms with Gasteiger partial charge in [-0.1, -0.05) is 18.2 Å². The highest BCUT2D eigenvalue weighted by atomic mass is 16.5. The zero-order chi connectivity index (χ0) is 16.9. The van der Waals surface area contributed by atoms with Crippen molar-refractivity contribution in [3.8, 4) is 5.75 Å². The van der Waals surface area contributed by atoms with E-state index in [4.69, 9.17) is 9.47 Å². The number of hydrogen-bond donors (Lipinski definition) is 2. The van der Waals surface area contributed by atoms with Crippen LogP contribution in [0.5, 0.6) is 5.75 Å². The molecule has 2 heterocycles. The van der Waals surface area contributed by atoms with Gasteiger partial charge >= 0.3 is 0 Å². The van der Waals surface area contributed by atoms with Crippen LogP contribution in [-0.4, -0.2) is 48.4 Å². The van der Waals surface area contributed by atoms with E-state index >= 15 is 0 Å². The largest absolute Gasteiger partial charge is 0.496 e. The van der Waals surface area contributed by atoms with Crippen molar-refractivity contribution in [2.75, 3.05) is 26.8 Å². The molecular weight excluding hydrogens is 308 g/mol. The normalized spacial score (nSPS) is 18.8. The molecule has 1 aliphatic heterocycles. The Kier molecular flexibility index (Phi) is 5.12. The monoisotopic (exact) mass is 330 g/mol. The van der Waals surface area contributed by atoms with Gasteiger partial charge in [0.2, 0.25) is 0 Å². The van der Waals surface area contributed by atoms with Crippen LogP contribution in [0, 0.1) is 0 Å². The third-order valence-electron chi connectivity index (χ3n) is 4.07. The van der Waals surface area contributed by atoms with Crippen molar-refractivity contribution in [3.63, 3.8) is 0 Å². The number of benzene rings is 1. The van der Waals surface area contributed by atoms with Gasteiger partial charge in [-0.3, -0.25) is 4.79 Å². The summed E-state index contributed by atoms with van der Waals surface area (Å²) in [4.78, 5) is 17.0. The molecule has 0 saturated carbocycles. The maximum absolute atomic E-state index is 12.6. The number of carbonyl (C=O) groups is 1. The molecule has 3 rings (SSSR count).